The summed E-state index contributed by atoms with van der Waals surface area (Å²) in [6.45, 7) is 12.2. The largest absolute Gasteiger partial charge is 0.314 e. The van der Waals surface area contributed by atoms with Crippen LogP contribution in [0.25, 0.3) is 0 Å². The van der Waals surface area contributed by atoms with Crippen molar-refractivity contribution in [1.82, 2.24) is 5.32 Å². The second kappa shape index (κ2) is 6.05. The van der Waals surface area contributed by atoms with Crippen molar-refractivity contribution >= 4 is 0 Å². The summed E-state index contributed by atoms with van der Waals surface area (Å²) in [7, 11) is 0. The lowest BCUT2D eigenvalue weighted by molar-refractivity contribution is 0.589. The number of nitrogens with one attached hydrogen (secondary N) is 1. The van der Waals surface area contributed by atoms with Crippen LogP contribution in [0, 0.1) is 6.92 Å². The van der Waals surface area contributed by atoms with E-state index in [9.17, 15) is 0 Å². The standard InChI is InChI=1S/C15H25N/c1-11(2)14-7-6-13(5)15(10-14)8-9-16-12(3)4/h6-7,10-12,16H,8-9H2,1-5H3. The minimum Gasteiger partial charge on any atom is -0.314 e. The van der Waals surface area contributed by atoms with Gasteiger partial charge in [0.25, 0.3) is 0 Å². The van der Waals surface area contributed by atoms with Crippen molar-refractivity contribution in [3.63, 3.8) is 0 Å². The maximum Gasteiger partial charge on any atom is 0.00105 e. The van der Waals surface area contributed by atoms with Crippen molar-refractivity contribution < 1.29 is 0 Å². The van der Waals surface area contributed by atoms with Gasteiger partial charge in [0.2, 0.25) is 0 Å². The quantitative estimate of drug-likeness (QED) is 0.797. The van der Waals surface area contributed by atoms with Crippen LogP contribution < -0.4 is 5.32 Å². The third-order valence-electron chi connectivity index (χ3n) is 2.99. The third-order valence-corrected chi connectivity index (χ3v) is 2.99. The van der Waals surface area contributed by atoms with Crippen molar-refractivity contribution in [3.8, 4) is 0 Å². The summed E-state index contributed by atoms with van der Waals surface area (Å²) in [5.41, 5.74) is 4.35. The highest BCUT2D eigenvalue weighted by atomic mass is 14.9. The van der Waals surface area contributed by atoms with Gasteiger partial charge in [-0.15, -0.1) is 0 Å². The molecule has 16 heavy (non-hydrogen) atoms. The Morgan fingerprint density at radius 1 is 1.12 bits per heavy atom. The van der Waals surface area contributed by atoms with E-state index in [-0.39, 0.29) is 0 Å². The smallest absolute Gasteiger partial charge is 0.00105 e. The van der Waals surface area contributed by atoms with E-state index in [0.717, 1.165) is 13.0 Å². The number of aryl methyl sites for hydroxylation is 1. The molecule has 1 aromatic carbocycles. The predicted molar refractivity (Wildman–Crippen MR) is 72.1 cm³/mol. The first-order valence-electron chi connectivity index (χ1n) is 6.33. The first-order chi connectivity index (χ1) is 7.50. The molecule has 0 amide bonds. The number of hydrogen-bond donors (Lipinski definition) is 1. The Hall–Kier alpha value is -0.820. The molecular weight excluding hydrogens is 194 g/mol. The number of benzene rings is 1. The molecule has 0 bridgehead atoms. The van der Waals surface area contributed by atoms with Crippen LogP contribution in [0.4, 0.5) is 0 Å². The topological polar surface area (TPSA) is 12.0 Å². The van der Waals surface area contributed by atoms with Crippen LogP contribution in [0.5, 0.6) is 0 Å². The Bertz CT molecular complexity index is 326. The maximum absolute atomic E-state index is 3.47. The predicted octanol–water partition coefficient (Wildman–Crippen LogP) is 3.66. The molecule has 0 unspecified atom stereocenters. The summed E-state index contributed by atoms with van der Waals surface area (Å²) in [6, 6.07) is 7.44. The first kappa shape index (κ1) is 13.2. The second-order valence-corrected chi connectivity index (χ2v) is 5.20. The van der Waals surface area contributed by atoms with Crippen LogP contribution in [-0.2, 0) is 6.42 Å². The lowest BCUT2D eigenvalue weighted by atomic mass is 9.96. The molecule has 1 N–H and O–H groups in total. The minimum atomic E-state index is 0.577. The molecule has 0 saturated heterocycles. The third kappa shape index (κ3) is 3.97. The van der Waals surface area contributed by atoms with E-state index in [2.05, 4.69) is 58.1 Å². The van der Waals surface area contributed by atoms with E-state index in [1.807, 2.05) is 0 Å². The van der Waals surface area contributed by atoms with Crippen molar-refractivity contribution in [1.29, 1.82) is 0 Å². The van der Waals surface area contributed by atoms with Gasteiger partial charge in [0.15, 0.2) is 0 Å². The van der Waals surface area contributed by atoms with Gasteiger partial charge in [0, 0.05) is 6.04 Å². The maximum atomic E-state index is 3.47. The Kier molecular flexibility index (Phi) is 5.01. The van der Waals surface area contributed by atoms with Gasteiger partial charge in [-0.25, -0.2) is 0 Å². The normalized spacial score (nSPS) is 11.4. The van der Waals surface area contributed by atoms with Crippen LogP contribution in [0.3, 0.4) is 0 Å². The van der Waals surface area contributed by atoms with Crippen molar-refractivity contribution in [3.05, 3.63) is 34.9 Å². The SMILES string of the molecule is Cc1ccc(C(C)C)cc1CCNC(C)C. The monoisotopic (exact) mass is 219 g/mol. The molecule has 1 heteroatoms. The highest BCUT2D eigenvalue weighted by Crippen LogP contribution is 2.18. The van der Waals surface area contributed by atoms with Gasteiger partial charge >= 0.3 is 0 Å². The average Bonchev–Trinajstić information content (AvgIpc) is 2.20. The van der Waals surface area contributed by atoms with Crippen LogP contribution >= 0.6 is 0 Å². The first-order valence-corrected chi connectivity index (χ1v) is 6.33. The lowest BCUT2D eigenvalue weighted by Crippen LogP contribution is -2.25. The zero-order chi connectivity index (χ0) is 12.1. The fourth-order valence-corrected chi connectivity index (χ4v) is 1.82. The fraction of sp³-hybridized carbons (Fsp3) is 0.600. The number of hydrogen-bond acceptors (Lipinski definition) is 1. The molecule has 0 atom stereocenters. The molecule has 90 valence electrons. The summed E-state index contributed by atoms with van der Waals surface area (Å²) in [6.07, 6.45) is 1.13. The molecule has 1 rings (SSSR count). The van der Waals surface area contributed by atoms with Crippen LogP contribution in [0.2, 0.25) is 0 Å². The minimum absolute atomic E-state index is 0.577. The molecule has 0 aromatic heterocycles. The average molecular weight is 219 g/mol. The Morgan fingerprint density at radius 2 is 1.81 bits per heavy atom. The van der Waals surface area contributed by atoms with Gasteiger partial charge < -0.3 is 5.32 Å². The molecule has 0 radical (unpaired) electrons. The summed E-state index contributed by atoms with van der Waals surface area (Å²) in [4.78, 5) is 0. The molecule has 0 aliphatic rings. The molecule has 1 nitrogen and oxygen atoms in total. The van der Waals surface area contributed by atoms with Crippen LogP contribution in [-0.4, -0.2) is 12.6 Å². The summed E-state index contributed by atoms with van der Waals surface area (Å²) >= 11 is 0. The van der Waals surface area contributed by atoms with Crippen LogP contribution in [0.1, 0.15) is 50.3 Å². The molecule has 0 saturated carbocycles. The van der Waals surface area contributed by atoms with Gasteiger partial charge in [-0.05, 0) is 42.5 Å². The summed E-state index contributed by atoms with van der Waals surface area (Å²) in [5.74, 6) is 0.623. The lowest BCUT2D eigenvalue weighted by Gasteiger charge is -2.13. The molecule has 0 heterocycles. The molecule has 0 aliphatic carbocycles. The van der Waals surface area contributed by atoms with Crippen molar-refractivity contribution in [2.45, 2.75) is 53.0 Å². The molecule has 0 fully saturated rings. The van der Waals surface area contributed by atoms with Gasteiger partial charge in [0.05, 0.1) is 0 Å². The molecule has 0 aliphatic heterocycles. The second-order valence-electron chi connectivity index (χ2n) is 5.20. The summed E-state index contributed by atoms with van der Waals surface area (Å²) < 4.78 is 0. The Labute approximate surface area is 100 Å². The Morgan fingerprint density at radius 3 is 2.38 bits per heavy atom. The van der Waals surface area contributed by atoms with Gasteiger partial charge in [-0.3, -0.25) is 0 Å². The van der Waals surface area contributed by atoms with E-state index >= 15 is 0 Å². The van der Waals surface area contributed by atoms with Crippen LogP contribution in [0.15, 0.2) is 18.2 Å². The van der Waals surface area contributed by atoms with E-state index in [1.165, 1.54) is 16.7 Å². The van der Waals surface area contributed by atoms with Gasteiger partial charge in [-0.2, -0.15) is 0 Å². The number of rotatable bonds is 5. The molecular formula is C15H25N. The van der Waals surface area contributed by atoms with Crippen molar-refractivity contribution in [2.24, 2.45) is 0 Å². The molecule has 0 spiro atoms. The van der Waals surface area contributed by atoms with Gasteiger partial charge in [0.1, 0.15) is 0 Å². The van der Waals surface area contributed by atoms with E-state index in [4.69, 9.17) is 0 Å². The van der Waals surface area contributed by atoms with Crippen molar-refractivity contribution in [2.75, 3.05) is 6.54 Å². The Balaban J connectivity index is 2.67. The molecule has 1 aromatic rings. The zero-order valence-electron chi connectivity index (χ0n) is 11.3. The van der Waals surface area contributed by atoms with E-state index in [1.54, 1.807) is 0 Å². The highest BCUT2D eigenvalue weighted by Gasteiger charge is 2.03. The summed E-state index contributed by atoms with van der Waals surface area (Å²) in [5, 5.41) is 3.47. The highest BCUT2D eigenvalue weighted by molar-refractivity contribution is 5.32. The van der Waals surface area contributed by atoms with Gasteiger partial charge in [-0.1, -0.05) is 45.9 Å². The van der Waals surface area contributed by atoms with E-state index in [0.29, 0.717) is 12.0 Å². The van der Waals surface area contributed by atoms with E-state index < -0.39 is 0 Å². The zero-order valence-corrected chi connectivity index (χ0v) is 11.3. The fourth-order valence-electron chi connectivity index (χ4n) is 1.82.